The normalized spacial score (nSPS) is 10.8. The van der Waals surface area contributed by atoms with Crippen molar-refractivity contribution in [2.24, 2.45) is 0 Å². The monoisotopic (exact) mass is 318 g/mol. The van der Waals surface area contributed by atoms with Crippen LogP contribution in [0.4, 0.5) is 5.88 Å². The van der Waals surface area contributed by atoms with Gasteiger partial charge >= 0.3 is 0 Å². The summed E-state index contributed by atoms with van der Waals surface area (Å²) >= 11 is 3.41. The Bertz CT molecular complexity index is 715. The Labute approximate surface area is 117 Å². The maximum Gasteiger partial charge on any atom is 0.230 e. The predicted octanol–water partition coefficient (Wildman–Crippen LogP) is 3.38. The van der Waals surface area contributed by atoms with Gasteiger partial charge in [0.25, 0.3) is 0 Å². The first kappa shape index (κ1) is 12.0. The van der Waals surface area contributed by atoms with Gasteiger partial charge in [0.2, 0.25) is 5.88 Å². The smallest absolute Gasteiger partial charge is 0.230 e. The standard InChI is InChI=1S/C13H11BrN4O/c1-7-10(6-16-17-7)12-11(13(15)19-18-12)8-2-4-9(14)5-3-8/h2-6H,15H2,1H3,(H,16,17). The number of nitrogens with one attached hydrogen (secondary N) is 1. The molecule has 0 spiro atoms. The fourth-order valence-electron chi connectivity index (χ4n) is 1.97. The number of anilines is 1. The molecule has 96 valence electrons. The molecule has 3 rings (SSSR count). The number of hydrogen-bond donors (Lipinski definition) is 2. The lowest BCUT2D eigenvalue weighted by Gasteiger charge is -2.02. The number of benzene rings is 1. The highest BCUT2D eigenvalue weighted by Gasteiger charge is 2.19. The van der Waals surface area contributed by atoms with Crippen molar-refractivity contribution in [3.05, 3.63) is 40.6 Å². The summed E-state index contributed by atoms with van der Waals surface area (Å²) in [6, 6.07) is 7.83. The molecule has 2 heterocycles. The second kappa shape index (κ2) is 4.55. The van der Waals surface area contributed by atoms with Crippen LogP contribution < -0.4 is 5.73 Å². The number of halogens is 1. The van der Waals surface area contributed by atoms with Crippen LogP contribution in [0.15, 0.2) is 39.5 Å². The number of hydrogen-bond acceptors (Lipinski definition) is 4. The maximum atomic E-state index is 5.90. The van der Waals surface area contributed by atoms with E-state index in [2.05, 4.69) is 31.3 Å². The van der Waals surface area contributed by atoms with Gasteiger partial charge < -0.3 is 10.3 Å². The van der Waals surface area contributed by atoms with E-state index in [1.807, 2.05) is 31.2 Å². The Kier molecular flexibility index (Phi) is 2.87. The molecule has 3 aromatic rings. The summed E-state index contributed by atoms with van der Waals surface area (Å²) in [7, 11) is 0. The molecular weight excluding hydrogens is 308 g/mol. The fourth-order valence-corrected chi connectivity index (χ4v) is 2.24. The Morgan fingerprint density at radius 3 is 2.63 bits per heavy atom. The van der Waals surface area contributed by atoms with Gasteiger partial charge in [0.05, 0.1) is 11.8 Å². The number of nitrogen functional groups attached to an aromatic ring is 1. The summed E-state index contributed by atoms with van der Waals surface area (Å²) in [4.78, 5) is 0. The van der Waals surface area contributed by atoms with Crippen LogP contribution in [0.5, 0.6) is 0 Å². The van der Waals surface area contributed by atoms with Crippen molar-refractivity contribution in [1.29, 1.82) is 0 Å². The van der Waals surface area contributed by atoms with Gasteiger partial charge in [-0.3, -0.25) is 5.10 Å². The molecule has 3 N–H and O–H groups in total. The average Bonchev–Trinajstić information content (AvgIpc) is 2.97. The lowest BCUT2D eigenvalue weighted by molar-refractivity contribution is 0.439. The summed E-state index contributed by atoms with van der Waals surface area (Å²) in [5, 5.41) is 10.9. The molecule has 0 radical (unpaired) electrons. The molecule has 0 saturated carbocycles. The van der Waals surface area contributed by atoms with Gasteiger partial charge in [-0.05, 0) is 24.6 Å². The van der Waals surface area contributed by atoms with Crippen molar-refractivity contribution in [3.8, 4) is 22.4 Å². The first-order valence-electron chi connectivity index (χ1n) is 5.68. The lowest BCUT2D eigenvalue weighted by Crippen LogP contribution is -1.88. The van der Waals surface area contributed by atoms with Crippen molar-refractivity contribution in [3.63, 3.8) is 0 Å². The molecule has 0 aliphatic heterocycles. The molecule has 0 aliphatic carbocycles. The van der Waals surface area contributed by atoms with E-state index in [9.17, 15) is 0 Å². The SMILES string of the molecule is Cc1[nH]ncc1-c1noc(N)c1-c1ccc(Br)cc1. The zero-order valence-electron chi connectivity index (χ0n) is 10.1. The first-order chi connectivity index (χ1) is 9.16. The summed E-state index contributed by atoms with van der Waals surface area (Å²) < 4.78 is 6.14. The summed E-state index contributed by atoms with van der Waals surface area (Å²) in [6.07, 6.45) is 1.72. The van der Waals surface area contributed by atoms with E-state index in [-0.39, 0.29) is 0 Å². The Hall–Kier alpha value is -2.08. The van der Waals surface area contributed by atoms with E-state index in [1.165, 1.54) is 0 Å². The molecule has 0 saturated heterocycles. The molecule has 6 heteroatoms. The fraction of sp³-hybridized carbons (Fsp3) is 0.0769. The molecule has 0 fully saturated rings. The topological polar surface area (TPSA) is 80.7 Å². The number of aromatic amines is 1. The number of H-pyrrole nitrogens is 1. The zero-order chi connectivity index (χ0) is 13.4. The van der Waals surface area contributed by atoms with Crippen LogP contribution in [0.1, 0.15) is 5.69 Å². The Morgan fingerprint density at radius 1 is 1.26 bits per heavy atom. The second-order valence-corrected chi connectivity index (χ2v) is 5.10. The number of aromatic nitrogens is 3. The predicted molar refractivity (Wildman–Crippen MR) is 76.4 cm³/mol. The van der Waals surface area contributed by atoms with Crippen molar-refractivity contribution < 1.29 is 4.52 Å². The third kappa shape index (κ3) is 2.04. The highest BCUT2D eigenvalue weighted by Crippen LogP contribution is 2.37. The summed E-state index contributed by atoms with van der Waals surface area (Å²) in [6.45, 7) is 1.93. The van der Waals surface area contributed by atoms with Crippen LogP contribution in [0.3, 0.4) is 0 Å². The van der Waals surface area contributed by atoms with Crippen LogP contribution in [-0.4, -0.2) is 15.4 Å². The average molecular weight is 319 g/mol. The van der Waals surface area contributed by atoms with Gasteiger partial charge in [0, 0.05) is 15.7 Å². The van der Waals surface area contributed by atoms with Crippen molar-refractivity contribution in [2.45, 2.75) is 6.92 Å². The highest BCUT2D eigenvalue weighted by atomic mass is 79.9. The quantitative estimate of drug-likeness (QED) is 0.759. The van der Waals surface area contributed by atoms with Gasteiger partial charge in [-0.25, -0.2) is 0 Å². The number of rotatable bonds is 2. The summed E-state index contributed by atoms with van der Waals surface area (Å²) in [5.74, 6) is 0.304. The Balaban J connectivity index is 2.19. The van der Waals surface area contributed by atoms with Gasteiger partial charge in [0.1, 0.15) is 5.69 Å². The minimum absolute atomic E-state index is 0.304. The van der Waals surface area contributed by atoms with E-state index < -0.39 is 0 Å². The van der Waals surface area contributed by atoms with Gasteiger partial charge in [-0.1, -0.05) is 33.2 Å². The van der Waals surface area contributed by atoms with Gasteiger partial charge in [-0.15, -0.1) is 0 Å². The Morgan fingerprint density at radius 2 is 2.00 bits per heavy atom. The second-order valence-electron chi connectivity index (χ2n) is 4.19. The van der Waals surface area contributed by atoms with Crippen molar-refractivity contribution in [2.75, 3.05) is 5.73 Å². The molecule has 5 nitrogen and oxygen atoms in total. The van der Waals surface area contributed by atoms with E-state index in [4.69, 9.17) is 10.3 Å². The number of aryl methyl sites for hydroxylation is 1. The van der Waals surface area contributed by atoms with E-state index in [0.29, 0.717) is 11.6 Å². The van der Waals surface area contributed by atoms with Gasteiger partial charge in [-0.2, -0.15) is 5.10 Å². The van der Waals surface area contributed by atoms with Crippen molar-refractivity contribution >= 4 is 21.8 Å². The molecule has 0 unspecified atom stereocenters. The molecule has 2 aromatic heterocycles. The van der Waals surface area contributed by atoms with Crippen LogP contribution in [-0.2, 0) is 0 Å². The molecule has 0 bridgehead atoms. The highest BCUT2D eigenvalue weighted by molar-refractivity contribution is 9.10. The summed E-state index contributed by atoms with van der Waals surface area (Å²) in [5.41, 5.74) is 10.2. The van der Waals surface area contributed by atoms with Crippen molar-refractivity contribution in [1.82, 2.24) is 15.4 Å². The first-order valence-corrected chi connectivity index (χ1v) is 6.47. The molecule has 1 aromatic carbocycles. The largest absolute Gasteiger partial charge is 0.367 e. The van der Waals surface area contributed by atoms with E-state index >= 15 is 0 Å². The number of nitrogens with two attached hydrogens (primary N) is 1. The molecular formula is C13H11BrN4O. The molecule has 0 atom stereocenters. The molecule has 19 heavy (non-hydrogen) atoms. The van der Waals surface area contributed by atoms with Crippen LogP contribution >= 0.6 is 15.9 Å². The van der Waals surface area contributed by atoms with Crippen LogP contribution in [0.2, 0.25) is 0 Å². The number of nitrogens with zero attached hydrogens (tertiary/aromatic N) is 2. The van der Waals surface area contributed by atoms with E-state index in [0.717, 1.165) is 26.9 Å². The van der Waals surface area contributed by atoms with Crippen LogP contribution in [0, 0.1) is 6.92 Å². The van der Waals surface area contributed by atoms with Gasteiger partial charge in [0.15, 0.2) is 0 Å². The third-order valence-corrected chi connectivity index (χ3v) is 3.47. The zero-order valence-corrected chi connectivity index (χ0v) is 11.7. The minimum Gasteiger partial charge on any atom is -0.367 e. The molecule has 0 aliphatic rings. The van der Waals surface area contributed by atoms with Crippen LogP contribution in [0.25, 0.3) is 22.4 Å². The molecule has 0 amide bonds. The lowest BCUT2D eigenvalue weighted by atomic mass is 10.0. The third-order valence-electron chi connectivity index (χ3n) is 2.94. The van der Waals surface area contributed by atoms with E-state index in [1.54, 1.807) is 6.20 Å². The minimum atomic E-state index is 0.304. The maximum absolute atomic E-state index is 5.90.